The largest absolute Gasteiger partial charge is 0.361 e. The van der Waals surface area contributed by atoms with E-state index in [1.165, 1.54) is 5.56 Å². The van der Waals surface area contributed by atoms with Crippen molar-refractivity contribution in [3.8, 4) is 0 Å². The summed E-state index contributed by atoms with van der Waals surface area (Å²) in [6.45, 7) is 5.20. The van der Waals surface area contributed by atoms with Crippen molar-refractivity contribution in [2.75, 3.05) is 23.9 Å². The summed E-state index contributed by atoms with van der Waals surface area (Å²) in [5.74, 6) is 1.64. The quantitative estimate of drug-likeness (QED) is 0.355. The van der Waals surface area contributed by atoms with E-state index in [4.69, 9.17) is 24.4 Å². The maximum atomic E-state index is 5.22. The summed E-state index contributed by atoms with van der Waals surface area (Å²) in [7, 11) is 0. The number of thioether (sulfide) groups is 1. The Labute approximate surface area is 148 Å². The number of hydrogen-bond donors (Lipinski definition) is 4. The highest BCUT2D eigenvalue weighted by Crippen LogP contribution is 2.16. The number of hydrogen-bond acceptors (Lipinski definition) is 3. The van der Waals surface area contributed by atoms with Crippen LogP contribution in [-0.4, -0.2) is 28.8 Å². The maximum Gasteiger partial charge on any atom is 0.189 e. The van der Waals surface area contributed by atoms with Gasteiger partial charge in [0.05, 0.1) is 0 Å². The molecule has 122 valence electrons. The van der Waals surface area contributed by atoms with Crippen molar-refractivity contribution >= 4 is 52.1 Å². The second-order valence-corrected chi connectivity index (χ2v) is 6.89. The maximum absolute atomic E-state index is 5.22. The first-order valence-electron chi connectivity index (χ1n) is 7.22. The summed E-state index contributed by atoms with van der Waals surface area (Å²) < 4.78 is 0. The second kappa shape index (κ2) is 10.6. The monoisotopic (exact) mass is 356 g/mol. The van der Waals surface area contributed by atoms with Crippen molar-refractivity contribution in [2.24, 2.45) is 0 Å². The Morgan fingerprint density at radius 2 is 1.73 bits per heavy atom. The van der Waals surface area contributed by atoms with Crippen molar-refractivity contribution in [2.45, 2.75) is 26.2 Å². The fourth-order valence-corrected chi connectivity index (χ4v) is 2.44. The van der Waals surface area contributed by atoms with Gasteiger partial charge in [0.1, 0.15) is 0 Å². The fourth-order valence-electron chi connectivity index (χ4n) is 1.69. The first-order chi connectivity index (χ1) is 10.5. The van der Waals surface area contributed by atoms with Crippen LogP contribution in [0.4, 0.5) is 5.69 Å². The van der Waals surface area contributed by atoms with Gasteiger partial charge < -0.3 is 10.6 Å². The van der Waals surface area contributed by atoms with Crippen LogP contribution >= 0.6 is 36.2 Å². The molecule has 0 aromatic heterocycles. The molecule has 0 atom stereocenters. The van der Waals surface area contributed by atoms with Gasteiger partial charge in [-0.2, -0.15) is 11.8 Å². The Hall–Kier alpha value is -1.05. The SMILES string of the molecule is CSCCCNC(=S)NNC(=S)Nc1ccc(C(C)C)cc1. The number of hydrazine groups is 1. The first-order valence-corrected chi connectivity index (χ1v) is 9.43. The predicted molar refractivity (Wildman–Crippen MR) is 107 cm³/mol. The third-order valence-corrected chi connectivity index (χ3v) is 4.08. The van der Waals surface area contributed by atoms with Gasteiger partial charge in [-0.15, -0.1) is 0 Å². The van der Waals surface area contributed by atoms with Crippen LogP contribution in [0.25, 0.3) is 0 Å². The van der Waals surface area contributed by atoms with E-state index >= 15 is 0 Å². The Bertz CT molecular complexity index is 474. The van der Waals surface area contributed by atoms with Gasteiger partial charge in [0, 0.05) is 12.2 Å². The lowest BCUT2D eigenvalue weighted by molar-refractivity contribution is 0.788. The van der Waals surface area contributed by atoms with Crippen LogP contribution in [0.1, 0.15) is 31.7 Å². The zero-order chi connectivity index (χ0) is 16.4. The third-order valence-electron chi connectivity index (χ3n) is 2.94. The summed E-state index contributed by atoms with van der Waals surface area (Å²) in [6.07, 6.45) is 3.17. The molecular weight excluding hydrogens is 332 g/mol. The van der Waals surface area contributed by atoms with Gasteiger partial charge in [-0.25, -0.2) is 0 Å². The van der Waals surface area contributed by atoms with Crippen molar-refractivity contribution < 1.29 is 0 Å². The molecule has 1 rings (SSSR count). The summed E-state index contributed by atoms with van der Waals surface area (Å²) in [5.41, 5.74) is 7.99. The van der Waals surface area contributed by atoms with E-state index in [1.54, 1.807) is 0 Å². The van der Waals surface area contributed by atoms with Gasteiger partial charge in [0.2, 0.25) is 0 Å². The van der Waals surface area contributed by atoms with Gasteiger partial charge >= 0.3 is 0 Å². The molecule has 0 fully saturated rings. The number of rotatable bonds is 6. The zero-order valence-corrected chi connectivity index (χ0v) is 15.7. The zero-order valence-electron chi connectivity index (χ0n) is 13.2. The van der Waals surface area contributed by atoms with Crippen molar-refractivity contribution in [1.29, 1.82) is 0 Å². The van der Waals surface area contributed by atoms with Gasteiger partial charge in [-0.05, 0) is 66.5 Å². The predicted octanol–water partition coefficient (Wildman–Crippen LogP) is 3.23. The lowest BCUT2D eigenvalue weighted by Gasteiger charge is -2.14. The molecule has 1 aromatic rings. The van der Waals surface area contributed by atoms with Crippen molar-refractivity contribution in [1.82, 2.24) is 16.2 Å². The van der Waals surface area contributed by atoms with E-state index in [0.717, 1.165) is 24.4 Å². The number of nitrogens with one attached hydrogen (secondary N) is 4. The van der Waals surface area contributed by atoms with E-state index in [0.29, 0.717) is 16.1 Å². The topological polar surface area (TPSA) is 48.1 Å². The number of benzene rings is 1. The van der Waals surface area contributed by atoms with Crippen LogP contribution in [0.5, 0.6) is 0 Å². The Morgan fingerprint density at radius 3 is 2.32 bits per heavy atom. The van der Waals surface area contributed by atoms with Gasteiger partial charge in [-0.1, -0.05) is 26.0 Å². The van der Waals surface area contributed by atoms with E-state index < -0.39 is 0 Å². The number of thiocarbonyl (C=S) groups is 2. The van der Waals surface area contributed by atoms with Crippen molar-refractivity contribution in [3.63, 3.8) is 0 Å². The first kappa shape index (κ1) is 19.0. The Kier molecular flexibility index (Phi) is 9.19. The van der Waals surface area contributed by atoms with Crippen molar-refractivity contribution in [3.05, 3.63) is 29.8 Å². The highest BCUT2D eigenvalue weighted by atomic mass is 32.2. The molecule has 0 spiro atoms. The average Bonchev–Trinajstić information content (AvgIpc) is 2.50. The minimum absolute atomic E-state index is 0.477. The minimum Gasteiger partial charge on any atom is -0.361 e. The Balaban J connectivity index is 2.26. The lowest BCUT2D eigenvalue weighted by atomic mass is 10.0. The Morgan fingerprint density at radius 1 is 1.09 bits per heavy atom. The molecular formula is C15H24N4S3. The molecule has 0 saturated carbocycles. The van der Waals surface area contributed by atoms with Crippen LogP contribution in [-0.2, 0) is 0 Å². The molecule has 0 aliphatic carbocycles. The van der Waals surface area contributed by atoms with E-state index in [1.807, 2.05) is 23.9 Å². The molecule has 4 nitrogen and oxygen atoms in total. The van der Waals surface area contributed by atoms with Crippen LogP contribution in [0.15, 0.2) is 24.3 Å². The average molecular weight is 357 g/mol. The van der Waals surface area contributed by atoms with Crippen LogP contribution in [0.3, 0.4) is 0 Å². The number of anilines is 1. The molecule has 0 aliphatic rings. The standard InChI is InChI=1S/C15H24N4S3/c1-11(2)12-5-7-13(8-6-12)17-15(21)19-18-14(20)16-9-4-10-22-3/h5-8,11H,4,9-10H2,1-3H3,(H2,16,18,20)(H2,17,19,21). The highest BCUT2D eigenvalue weighted by Gasteiger charge is 2.01. The van der Waals surface area contributed by atoms with E-state index in [-0.39, 0.29) is 0 Å². The second-order valence-electron chi connectivity index (χ2n) is 5.08. The molecule has 22 heavy (non-hydrogen) atoms. The van der Waals surface area contributed by atoms with Gasteiger partial charge in [0.15, 0.2) is 10.2 Å². The molecule has 0 saturated heterocycles. The van der Waals surface area contributed by atoms with E-state index in [9.17, 15) is 0 Å². The van der Waals surface area contributed by atoms with Crippen LogP contribution in [0, 0.1) is 0 Å². The van der Waals surface area contributed by atoms with Crippen LogP contribution < -0.4 is 21.5 Å². The molecule has 0 heterocycles. The molecule has 0 amide bonds. The summed E-state index contributed by atoms with van der Waals surface area (Å²) in [5, 5.41) is 7.24. The molecule has 7 heteroatoms. The molecule has 0 bridgehead atoms. The minimum atomic E-state index is 0.477. The fraction of sp³-hybridized carbons (Fsp3) is 0.467. The van der Waals surface area contributed by atoms with Crippen LogP contribution in [0.2, 0.25) is 0 Å². The molecule has 1 aromatic carbocycles. The molecule has 0 aliphatic heterocycles. The van der Waals surface area contributed by atoms with Gasteiger partial charge in [-0.3, -0.25) is 10.9 Å². The lowest BCUT2D eigenvalue weighted by Crippen LogP contribution is -2.48. The third kappa shape index (κ3) is 7.82. The molecule has 0 radical (unpaired) electrons. The summed E-state index contributed by atoms with van der Waals surface area (Å²) in [4.78, 5) is 0. The summed E-state index contributed by atoms with van der Waals surface area (Å²) >= 11 is 12.2. The highest BCUT2D eigenvalue weighted by molar-refractivity contribution is 7.98. The normalized spacial score (nSPS) is 10.2. The van der Waals surface area contributed by atoms with Gasteiger partial charge in [0.25, 0.3) is 0 Å². The smallest absolute Gasteiger partial charge is 0.189 e. The molecule has 0 unspecified atom stereocenters. The molecule has 4 N–H and O–H groups in total. The summed E-state index contributed by atoms with van der Waals surface area (Å²) in [6, 6.07) is 8.23. The van der Waals surface area contributed by atoms with E-state index in [2.05, 4.69) is 53.7 Å².